The van der Waals surface area contributed by atoms with Gasteiger partial charge in [-0.1, -0.05) is 135 Å². The van der Waals surface area contributed by atoms with Crippen LogP contribution in [0.3, 0.4) is 0 Å². The topological polar surface area (TPSA) is 9.86 Å². The first-order chi connectivity index (χ1) is 26.1. The Bertz CT molecular complexity index is 3070. The Morgan fingerprint density at radius 2 is 0.868 bits per heavy atom. The summed E-state index contributed by atoms with van der Waals surface area (Å²) in [6.07, 6.45) is 0. The molecule has 1 aliphatic carbocycles. The van der Waals surface area contributed by atoms with Gasteiger partial charge < -0.3 is 9.13 Å². The molecule has 0 unspecified atom stereocenters. The minimum atomic E-state index is -0.135. The second-order valence-electron chi connectivity index (χ2n) is 15.0. The van der Waals surface area contributed by atoms with Gasteiger partial charge in [0, 0.05) is 32.6 Å². The van der Waals surface area contributed by atoms with Crippen LogP contribution in [-0.2, 0) is 5.41 Å². The summed E-state index contributed by atoms with van der Waals surface area (Å²) < 4.78 is 4.90. The molecule has 1 aliphatic rings. The van der Waals surface area contributed by atoms with Gasteiger partial charge in [-0.2, -0.15) is 0 Å². The number of benzene rings is 8. The third kappa shape index (κ3) is 4.33. The van der Waals surface area contributed by atoms with Crippen LogP contribution in [0.2, 0.25) is 0 Å². The first-order valence-electron chi connectivity index (χ1n) is 18.5. The van der Waals surface area contributed by atoms with Gasteiger partial charge in [0.2, 0.25) is 0 Å². The lowest BCUT2D eigenvalue weighted by molar-refractivity contribution is 0.656. The minimum Gasteiger partial charge on any atom is -0.309 e. The minimum absolute atomic E-state index is 0.135. The summed E-state index contributed by atoms with van der Waals surface area (Å²) in [5.74, 6) is 0. The van der Waals surface area contributed by atoms with Crippen molar-refractivity contribution < 1.29 is 0 Å². The fourth-order valence-corrected chi connectivity index (χ4v) is 9.29. The average molecular weight is 677 g/mol. The molecule has 0 N–H and O–H groups in total. The lowest BCUT2D eigenvalue weighted by Gasteiger charge is -2.25. The Morgan fingerprint density at radius 3 is 1.57 bits per heavy atom. The maximum atomic E-state index is 2.52. The van der Waals surface area contributed by atoms with Crippen molar-refractivity contribution >= 4 is 43.6 Å². The predicted octanol–water partition coefficient (Wildman–Crippen LogP) is 13.5. The van der Waals surface area contributed by atoms with Gasteiger partial charge in [-0.05, 0) is 105 Å². The zero-order chi connectivity index (χ0) is 35.3. The first-order valence-corrected chi connectivity index (χ1v) is 18.5. The maximum Gasteiger partial charge on any atom is 0.0541 e. The summed E-state index contributed by atoms with van der Waals surface area (Å²) in [6, 6.07) is 67.0. The Hall–Kier alpha value is -6.64. The highest BCUT2D eigenvalue weighted by molar-refractivity contribution is 6.13. The van der Waals surface area contributed by atoms with Gasteiger partial charge in [-0.15, -0.1) is 0 Å². The normalized spacial score (nSPS) is 13.2. The number of rotatable bonds is 4. The fourth-order valence-electron chi connectivity index (χ4n) is 9.29. The number of fused-ring (bicyclic) bond motifs is 9. The zero-order valence-electron chi connectivity index (χ0n) is 29.7. The summed E-state index contributed by atoms with van der Waals surface area (Å²) in [7, 11) is 0. The smallest absolute Gasteiger partial charge is 0.0541 e. The largest absolute Gasteiger partial charge is 0.309 e. The monoisotopic (exact) mass is 676 g/mol. The van der Waals surface area contributed by atoms with E-state index in [0.29, 0.717) is 0 Å². The van der Waals surface area contributed by atoms with Crippen LogP contribution in [0.15, 0.2) is 182 Å². The van der Waals surface area contributed by atoms with Crippen molar-refractivity contribution in [3.05, 3.63) is 193 Å². The Kier molecular flexibility index (Phi) is 6.33. The molecular formula is C51H36N2. The van der Waals surface area contributed by atoms with Crippen molar-refractivity contribution in [3.8, 4) is 44.8 Å². The molecule has 2 heteroatoms. The van der Waals surface area contributed by atoms with E-state index < -0.39 is 0 Å². The molecule has 0 aliphatic heterocycles. The van der Waals surface area contributed by atoms with Crippen LogP contribution >= 0.6 is 0 Å². The summed E-state index contributed by atoms with van der Waals surface area (Å²) in [5.41, 5.74) is 17.5. The Morgan fingerprint density at radius 1 is 0.358 bits per heavy atom. The highest BCUT2D eigenvalue weighted by atomic mass is 15.0. The molecule has 11 rings (SSSR count). The van der Waals surface area contributed by atoms with Gasteiger partial charge >= 0.3 is 0 Å². The lowest BCUT2D eigenvalue weighted by atomic mass is 9.81. The molecule has 0 fully saturated rings. The maximum absolute atomic E-state index is 2.52. The third-order valence-electron chi connectivity index (χ3n) is 11.7. The van der Waals surface area contributed by atoms with Crippen LogP contribution in [0.1, 0.15) is 25.0 Å². The van der Waals surface area contributed by atoms with E-state index in [0.717, 1.165) is 0 Å². The van der Waals surface area contributed by atoms with E-state index in [1.807, 2.05) is 0 Å². The second-order valence-corrected chi connectivity index (χ2v) is 15.0. The van der Waals surface area contributed by atoms with Crippen molar-refractivity contribution in [2.75, 3.05) is 0 Å². The molecule has 0 saturated carbocycles. The molecule has 0 radical (unpaired) electrons. The number of hydrogen-bond acceptors (Lipinski definition) is 0. The molecule has 0 amide bonds. The van der Waals surface area contributed by atoms with Gasteiger partial charge in [0.15, 0.2) is 0 Å². The van der Waals surface area contributed by atoms with Crippen LogP contribution in [0.4, 0.5) is 0 Å². The van der Waals surface area contributed by atoms with Gasteiger partial charge in [0.05, 0.1) is 27.8 Å². The summed E-state index contributed by atoms with van der Waals surface area (Å²) in [4.78, 5) is 0. The van der Waals surface area contributed by atoms with E-state index >= 15 is 0 Å². The van der Waals surface area contributed by atoms with E-state index in [1.54, 1.807) is 0 Å². The summed E-state index contributed by atoms with van der Waals surface area (Å²) >= 11 is 0. The van der Waals surface area contributed by atoms with E-state index in [2.05, 4.69) is 205 Å². The number of nitrogens with zero attached hydrogens (tertiary/aromatic N) is 2. The van der Waals surface area contributed by atoms with Crippen LogP contribution in [-0.4, -0.2) is 9.13 Å². The molecular weight excluding hydrogens is 641 g/mol. The van der Waals surface area contributed by atoms with Crippen LogP contribution < -0.4 is 0 Å². The molecule has 0 saturated heterocycles. The van der Waals surface area contributed by atoms with E-state index in [-0.39, 0.29) is 5.41 Å². The molecule has 2 heterocycles. The summed E-state index contributed by atoms with van der Waals surface area (Å²) in [5, 5.41) is 5.04. The van der Waals surface area contributed by atoms with Crippen LogP contribution in [0, 0.1) is 0 Å². The fraction of sp³-hybridized carbons (Fsp3) is 0.0588. The second kappa shape index (κ2) is 11.2. The van der Waals surface area contributed by atoms with Gasteiger partial charge in [0.25, 0.3) is 0 Å². The van der Waals surface area contributed by atoms with Gasteiger partial charge in [-0.25, -0.2) is 0 Å². The molecule has 0 atom stereocenters. The lowest BCUT2D eigenvalue weighted by Crippen LogP contribution is -2.18. The molecule has 2 nitrogen and oxygen atoms in total. The molecule has 0 bridgehead atoms. The quantitative estimate of drug-likeness (QED) is 0.176. The van der Waals surface area contributed by atoms with Crippen molar-refractivity contribution in [3.63, 3.8) is 0 Å². The van der Waals surface area contributed by atoms with Crippen molar-refractivity contribution in [2.24, 2.45) is 0 Å². The van der Waals surface area contributed by atoms with Crippen LogP contribution in [0.5, 0.6) is 0 Å². The molecule has 2 aromatic heterocycles. The standard InChI is InChI=1S/C51H36N2/c1-51(2)44-21-11-9-18-38(44)40-20-13-23-49(50(40)51)53-47-28-24-34(33-14-5-3-6-15-33)30-42(47)43-32-36(26-29-48(43)53)35-25-27-46-41(31-35)39-19-10-12-22-45(39)52(46)37-16-7-4-8-17-37/h3-32H,1-2H3. The third-order valence-corrected chi connectivity index (χ3v) is 11.7. The average Bonchev–Trinajstić information content (AvgIpc) is 3.81. The van der Waals surface area contributed by atoms with E-state index in [4.69, 9.17) is 0 Å². The predicted molar refractivity (Wildman–Crippen MR) is 224 cm³/mol. The Labute approximate surface area is 308 Å². The number of para-hydroxylation sites is 2. The molecule has 8 aromatic carbocycles. The van der Waals surface area contributed by atoms with Crippen LogP contribution in [0.25, 0.3) is 88.4 Å². The molecule has 53 heavy (non-hydrogen) atoms. The number of hydrogen-bond donors (Lipinski definition) is 0. The van der Waals surface area contributed by atoms with Crippen molar-refractivity contribution in [2.45, 2.75) is 19.3 Å². The highest BCUT2D eigenvalue weighted by Crippen LogP contribution is 2.52. The number of aromatic nitrogens is 2. The zero-order valence-corrected chi connectivity index (χ0v) is 29.7. The molecule has 0 spiro atoms. The molecule has 250 valence electrons. The van der Waals surface area contributed by atoms with Gasteiger partial charge in [-0.3, -0.25) is 0 Å². The summed E-state index contributed by atoms with van der Waals surface area (Å²) in [6.45, 7) is 4.76. The van der Waals surface area contributed by atoms with E-state index in [9.17, 15) is 0 Å². The van der Waals surface area contributed by atoms with Crippen molar-refractivity contribution in [1.82, 2.24) is 9.13 Å². The highest BCUT2D eigenvalue weighted by Gasteiger charge is 2.38. The van der Waals surface area contributed by atoms with Crippen molar-refractivity contribution in [1.29, 1.82) is 0 Å². The Balaban J connectivity index is 1.16. The SMILES string of the molecule is CC1(C)c2ccccc2-c2cccc(-n3c4ccc(-c5ccccc5)cc4c4cc(-c5ccc6c(c5)c5ccccc5n6-c5ccccc5)ccc43)c21. The van der Waals surface area contributed by atoms with Gasteiger partial charge in [0.1, 0.15) is 0 Å². The first kappa shape index (κ1) is 30.0. The van der Waals surface area contributed by atoms with E-state index in [1.165, 1.54) is 99.5 Å². The molecule has 10 aromatic rings.